The van der Waals surface area contributed by atoms with E-state index in [1.54, 1.807) is 30.2 Å². The Kier molecular flexibility index (Phi) is 7.60. The molecule has 0 aromatic heterocycles. The van der Waals surface area contributed by atoms with Crippen LogP contribution in [0, 0.1) is 19.8 Å². The summed E-state index contributed by atoms with van der Waals surface area (Å²) in [7, 11) is 1.57. The van der Waals surface area contributed by atoms with Gasteiger partial charge in [0.1, 0.15) is 6.61 Å². The van der Waals surface area contributed by atoms with Crippen LogP contribution in [-0.2, 0) is 16.2 Å². The average molecular weight is 538 g/mol. The summed E-state index contributed by atoms with van der Waals surface area (Å²) in [6.45, 7) is 4.71. The first-order valence-electron chi connectivity index (χ1n) is 11.3. The van der Waals surface area contributed by atoms with Crippen molar-refractivity contribution in [2.75, 3.05) is 24.0 Å². The van der Waals surface area contributed by atoms with Crippen LogP contribution in [0.4, 0.5) is 11.4 Å². The number of para-hydroxylation sites is 1. The normalized spacial score (nSPS) is 15.1. The van der Waals surface area contributed by atoms with E-state index < -0.39 is 5.92 Å². The number of amides is 2. The molecule has 182 valence electrons. The fraction of sp³-hybridized carbons (Fsp3) is 0.259. The van der Waals surface area contributed by atoms with E-state index in [4.69, 9.17) is 9.47 Å². The number of hydrazine groups is 1. The van der Waals surface area contributed by atoms with Gasteiger partial charge in [-0.05, 0) is 66.9 Å². The highest BCUT2D eigenvalue weighted by atomic mass is 79.9. The fourth-order valence-electron chi connectivity index (χ4n) is 3.92. The molecule has 2 amide bonds. The van der Waals surface area contributed by atoms with Crippen molar-refractivity contribution in [3.63, 3.8) is 0 Å². The maximum absolute atomic E-state index is 12.9. The Morgan fingerprint density at radius 2 is 1.86 bits per heavy atom. The maximum atomic E-state index is 12.9. The Balaban J connectivity index is 1.41. The standard InChI is InChI=1S/C27H28BrN3O4/c1-17-7-12-22(13-18(17)2)31-15-20(14-25(31)32)27(33)30-29-23-5-4-6-24(34-3)26(23)35-16-19-8-10-21(28)11-9-19/h4-13,20,29H,14-16H2,1-3H3,(H,30,33)/t20-/m1/s1. The number of nitrogens with one attached hydrogen (secondary N) is 2. The predicted molar refractivity (Wildman–Crippen MR) is 140 cm³/mol. The maximum Gasteiger partial charge on any atom is 0.243 e. The van der Waals surface area contributed by atoms with E-state index in [9.17, 15) is 9.59 Å². The predicted octanol–water partition coefficient (Wildman–Crippen LogP) is 5.15. The van der Waals surface area contributed by atoms with Gasteiger partial charge >= 0.3 is 0 Å². The molecule has 1 aliphatic heterocycles. The smallest absolute Gasteiger partial charge is 0.243 e. The molecule has 0 radical (unpaired) electrons. The number of hydrogen-bond donors (Lipinski definition) is 2. The molecule has 0 aliphatic carbocycles. The molecule has 1 fully saturated rings. The van der Waals surface area contributed by atoms with E-state index in [1.807, 2.05) is 56.3 Å². The molecule has 0 bridgehead atoms. The molecule has 1 heterocycles. The topological polar surface area (TPSA) is 79.9 Å². The molecule has 0 saturated carbocycles. The van der Waals surface area contributed by atoms with Gasteiger partial charge in [0.25, 0.3) is 0 Å². The largest absolute Gasteiger partial charge is 0.493 e. The van der Waals surface area contributed by atoms with E-state index in [0.717, 1.165) is 26.9 Å². The molecule has 2 N–H and O–H groups in total. The van der Waals surface area contributed by atoms with Crippen LogP contribution in [0.25, 0.3) is 0 Å². The quantitative estimate of drug-likeness (QED) is 0.388. The van der Waals surface area contributed by atoms with E-state index in [1.165, 1.54) is 0 Å². The molecule has 1 aliphatic rings. The highest BCUT2D eigenvalue weighted by molar-refractivity contribution is 9.10. The Morgan fingerprint density at radius 1 is 1.09 bits per heavy atom. The van der Waals surface area contributed by atoms with E-state index in [0.29, 0.717) is 30.3 Å². The number of methoxy groups -OCH3 is 1. The molecule has 0 unspecified atom stereocenters. The van der Waals surface area contributed by atoms with Crippen molar-refractivity contribution in [1.82, 2.24) is 5.43 Å². The molecular formula is C27H28BrN3O4. The van der Waals surface area contributed by atoms with Crippen molar-refractivity contribution in [2.24, 2.45) is 5.92 Å². The van der Waals surface area contributed by atoms with Crippen LogP contribution >= 0.6 is 15.9 Å². The van der Waals surface area contributed by atoms with Gasteiger partial charge in [-0.2, -0.15) is 0 Å². The molecule has 0 spiro atoms. The molecule has 4 rings (SSSR count). The third-order valence-electron chi connectivity index (χ3n) is 6.11. The van der Waals surface area contributed by atoms with Gasteiger partial charge in [-0.1, -0.05) is 40.2 Å². The van der Waals surface area contributed by atoms with E-state index in [2.05, 4.69) is 26.8 Å². The number of ether oxygens (including phenoxy) is 2. The van der Waals surface area contributed by atoms with Crippen LogP contribution in [0.15, 0.2) is 65.1 Å². The summed E-state index contributed by atoms with van der Waals surface area (Å²) in [5, 5.41) is 0. The first-order valence-corrected chi connectivity index (χ1v) is 12.1. The third-order valence-corrected chi connectivity index (χ3v) is 6.64. The zero-order valence-corrected chi connectivity index (χ0v) is 21.5. The van der Waals surface area contributed by atoms with Crippen molar-refractivity contribution in [3.8, 4) is 11.5 Å². The molecule has 35 heavy (non-hydrogen) atoms. The lowest BCUT2D eigenvalue weighted by molar-refractivity contribution is -0.125. The molecule has 1 atom stereocenters. The van der Waals surface area contributed by atoms with Crippen molar-refractivity contribution >= 4 is 39.1 Å². The van der Waals surface area contributed by atoms with Gasteiger partial charge in [-0.15, -0.1) is 0 Å². The van der Waals surface area contributed by atoms with Crippen LogP contribution < -0.4 is 25.2 Å². The van der Waals surface area contributed by atoms with Gasteiger partial charge in [0.15, 0.2) is 11.5 Å². The Bertz CT molecular complexity index is 1230. The minimum Gasteiger partial charge on any atom is -0.493 e. The van der Waals surface area contributed by atoms with Crippen LogP contribution in [0.1, 0.15) is 23.1 Å². The minimum atomic E-state index is -0.464. The summed E-state index contributed by atoms with van der Waals surface area (Å²) in [6.07, 6.45) is 0.158. The Morgan fingerprint density at radius 3 is 2.57 bits per heavy atom. The summed E-state index contributed by atoms with van der Waals surface area (Å²) in [4.78, 5) is 27.2. The van der Waals surface area contributed by atoms with Gasteiger partial charge in [0.05, 0.1) is 18.7 Å². The molecule has 3 aromatic rings. The van der Waals surface area contributed by atoms with Crippen molar-refractivity contribution in [2.45, 2.75) is 26.9 Å². The number of rotatable bonds is 8. The summed E-state index contributed by atoms with van der Waals surface area (Å²) >= 11 is 3.43. The highest BCUT2D eigenvalue weighted by Crippen LogP contribution is 2.35. The van der Waals surface area contributed by atoms with Crippen LogP contribution in [0.2, 0.25) is 0 Å². The van der Waals surface area contributed by atoms with Gasteiger partial charge in [0.2, 0.25) is 11.8 Å². The number of carbonyl (C=O) groups excluding carboxylic acids is 2. The lowest BCUT2D eigenvalue weighted by atomic mass is 10.1. The molecule has 3 aromatic carbocycles. The van der Waals surface area contributed by atoms with Crippen molar-refractivity contribution < 1.29 is 19.1 Å². The number of aryl methyl sites for hydroxylation is 2. The second-order valence-electron chi connectivity index (χ2n) is 8.54. The van der Waals surface area contributed by atoms with Crippen LogP contribution in [-0.4, -0.2) is 25.5 Å². The molecule has 7 nitrogen and oxygen atoms in total. The number of anilines is 2. The Hall–Kier alpha value is -3.52. The fourth-order valence-corrected chi connectivity index (χ4v) is 4.18. The number of hydrogen-bond acceptors (Lipinski definition) is 5. The van der Waals surface area contributed by atoms with Crippen LogP contribution in [0.3, 0.4) is 0 Å². The van der Waals surface area contributed by atoms with Gasteiger partial charge in [0, 0.05) is 23.1 Å². The number of nitrogens with zero attached hydrogens (tertiary/aromatic N) is 1. The van der Waals surface area contributed by atoms with Gasteiger partial charge in [-0.25, -0.2) is 0 Å². The number of carbonyl (C=O) groups is 2. The van der Waals surface area contributed by atoms with E-state index in [-0.39, 0.29) is 18.2 Å². The SMILES string of the molecule is COc1cccc(NNC(=O)[C@@H]2CC(=O)N(c3ccc(C)c(C)c3)C2)c1OCc1ccc(Br)cc1. The van der Waals surface area contributed by atoms with Gasteiger partial charge in [-0.3, -0.25) is 20.4 Å². The first-order chi connectivity index (χ1) is 16.9. The van der Waals surface area contributed by atoms with Crippen molar-refractivity contribution in [1.29, 1.82) is 0 Å². The second-order valence-corrected chi connectivity index (χ2v) is 9.46. The lowest BCUT2D eigenvalue weighted by Crippen LogP contribution is -2.36. The number of halogens is 1. The van der Waals surface area contributed by atoms with Crippen LogP contribution in [0.5, 0.6) is 11.5 Å². The van der Waals surface area contributed by atoms with Crippen molar-refractivity contribution in [3.05, 3.63) is 81.8 Å². The Labute approximate surface area is 213 Å². The zero-order chi connectivity index (χ0) is 24.9. The zero-order valence-electron chi connectivity index (χ0n) is 19.9. The third kappa shape index (κ3) is 5.77. The highest BCUT2D eigenvalue weighted by Gasteiger charge is 2.35. The monoisotopic (exact) mass is 537 g/mol. The molecular weight excluding hydrogens is 510 g/mol. The summed E-state index contributed by atoms with van der Waals surface area (Å²) < 4.78 is 12.5. The lowest BCUT2D eigenvalue weighted by Gasteiger charge is -2.19. The minimum absolute atomic E-state index is 0.0618. The summed E-state index contributed by atoms with van der Waals surface area (Å²) in [6, 6.07) is 19.1. The number of benzene rings is 3. The summed E-state index contributed by atoms with van der Waals surface area (Å²) in [5.74, 6) is 0.241. The summed E-state index contributed by atoms with van der Waals surface area (Å²) in [5.41, 5.74) is 10.3. The van der Waals surface area contributed by atoms with E-state index >= 15 is 0 Å². The van der Waals surface area contributed by atoms with Gasteiger partial charge < -0.3 is 14.4 Å². The molecule has 8 heteroatoms. The first kappa shape index (κ1) is 24.6. The molecule has 1 saturated heterocycles. The second kappa shape index (κ2) is 10.8. The average Bonchev–Trinajstić information content (AvgIpc) is 3.25.